The molecule has 4 aliphatic carbocycles. The highest BCUT2D eigenvalue weighted by Gasteiger charge is 2.53. The fraction of sp³-hybridized carbons (Fsp3) is 0.750. The SMILES string of the molecule is C[C@]12CCC3C(=CCC4=C3CC[C@@H](OC3O[C@H](C(=O)O)[C@@H](O)[C@H](O)[C@H]3O)C4)C1CCC2=O. The Balaban J connectivity index is 1.28. The molecule has 3 unspecified atom stereocenters. The maximum atomic E-state index is 12.5. The summed E-state index contributed by atoms with van der Waals surface area (Å²) >= 11 is 0. The second-order valence-electron chi connectivity index (χ2n) is 10.3. The Hall–Kier alpha value is -1.58. The molecule has 0 aromatic rings. The van der Waals surface area contributed by atoms with Crippen LogP contribution in [0.2, 0.25) is 0 Å². The molecule has 1 saturated heterocycles. The Labute approximate surface area is 186 Å². The zero-order valence-electron chi connectivity index (χ0n) is 18.3. The van der Waals surface area contributed by atoms with E-state index in [0.29, 0.717) is 36.9 Å². The summed E-state index contributed by atoms with van der Waals surface area (Å²) in [5, 5.41) is 39.4. The van der Waals surface area contributed by atoms with Crippen LogP contribution in [-0.2, 0) is 19.1 Å². The van der Waals surface area contributed by atoms with Crippen LogP contribution in [0.4, 0.5) is 0 Å². The summed E-state index contributed by atoms with van der Waals surface area (Å²) in [6.07, 6.45) is 0.860. The van der Waals surface area contributed by atoms with Crippen molar-refractivity contribution in [3.8, 4) is 0 Å². The summed E-state index contributed by atoms with van der Waals surface area (Å²) in [5.41, 5.74) is 4.05. The van der Waals surface area contributed by atoms with E-state index in [2.05, 4.69) is 13.0 Å². The van der Waals surface area contributed by atoms with Crippen molar-refractivity contribution in [2.24, 2.45) is 17.3 Å². The largest absolute Gasteiger partial charge is 0.479 e. The van der Waals surface area contributed by atoms with E-state index in [1.165, 1.54) is 16.7 Å². The molecule has 32 heavy (non-hydrogen) atoms. The van der Waals surface area contributed by atoms with Crippen molar-refractivity contribution in [1.82, 2.24) is 0 Å². The highest BCUT2D eigenvalue weighted by Crippen LogP contribution is 2.58. The Kier molecular flexibility index (Phi) is 5.57. The van der Waals surface area contributed by atoms with Gasteiger partial charge < -0.3 is 29.9 Å². The predicted molar refractivity (Wildman–Crippen MR) is 111 cm³/mol. The number of aliphatic hydroxyl groups is 3. The van der Waals surface area contributed by atoms with Gasteiger partial charge in [-0.3, -0.25) is 4.79 Å². The molecule has 0 aromatic carbocycles. The third kappa shape index (κ3) is 3.39. The van der Waals surface area contributed by atoms with Gasteiger partial charge in [0.2, 0.25) is 0 Å². The molecule has 3 fully saturated rings. The molecule has 4 N–H and O–H groups in total. The van der Waals surface area contributed by atoms with Crippen LogP contribution in [0, 0.1) is 17.3 Å². The minimum atomic E-state index is -1.72. The van der Waals surface area contributed by atoms with Crippen LogP contribution < -0.4 is 0 Å². The van der Waals surface area contributed by atoms with Crippen molar-refractivity contribution < 1.29 is 39.5 Å². The fourth-order valence-corrected chi connectivity index (χ4v) is 6.78. The highest BCUT2D eigenvalue weighted by atomic mass is 16.7. The number of carboxylic acids is 1. The summed E-state index contributed by atoms with van der Waals surface area (Å²) in [4.78, 5) is 23.8. The number of fused-ring (bicyclic) bond motifs is 4. The minimum Gasteiger partial charge on any atom is -0.479 e. The van der Waals surface area contributed by atoms with E-state index in [4.69, 9.17) is 9.47 Å². The molecular weight excluding hydrogens is 416 g/mol. The van der Waals surface area contributed by atoms with Gasteiger partial charge in [0.25, 0.3) is 0 Å². The van der Waals surface area contributed by atoms with E-state index >= 15 is 0 Å². The van der Waals surface area contributed by atoms with Gasteiger partial charge in [0.05, 0.1) is 6.10 Å². The summed E-state index contributed by atoms with van der Waals surface area (Å²) < 4.78 is 11.2. The molecule has 0 amide bonds. The fourth-order valence-electron chi connectivity index (χ4n) is 6.78. The molecule has 176 valence electrons. The van der Waals surface area contributed by atoms with Crippen LogP contribution in [0.25, 0.3) is 0 Å². The number of ether oxygens (including phenoxy) is 2. The van der Waals surface area contributed by atoms with E-state index < -0.39 is 36.7 Å². The molecule has 5 aliphatic rings. The van der Waals surface area contributed by atoms with E-state index in [1.54, 1.807) is 0 Å². The van der Waals surface area contributed by atoms with Crippen LogP contribution >= 0.6 is 0 Å². The molecule has 0 bridgehead atoms. The van der Waals surface area contributed by atoms with E-state index in [0.717, 1.165) is 32.1 Å². The van der Waals surface area contributed by atoms with Gasteiger partial charge in [-0.2, -0.15) is 0 Å². The number of carbonyl (C=O) groups excluding carboxylic acids is 1. The van der Waals surface area contributed by atoms with Gasteiger partial charge in [-0.05, 0) is 50.9 Å². The first-order valence-electron chi connectivity index (χ1n) is 11.7. The number of carboxylic acid groups (broad SMARTS) is 1. The third-order valence-corrected chi connectivity index (χ3v) is 8.63. The van der Waals surface area contributed by atoms with Crippen LogP contribution in [-0.4, -0.2) is 69.0 Å². The number of rotatable bonds is 3. The van der Waals surface area contributed by atoms with E-state index in [9.17, 15) is 30.0 Å². The lowest BCUT2D eigenvalue weighted by Crippen LogP contribution is -2.60. The number of hydrogen-bond donors (Lipinski definition) is 4. The lowest BCUT2D eigenvalue weighted by molar-refractivity contribution is -0.304. The molecule has 8 heteroatoms. The zero-order valence-corrected chi connectivity index (χ0v) is 18.3. The Morgan fingerprint density at radius 1 is 1.12 bits per heavy atom. The Bertz CT molecular complexity index is 877. The lowest BCUT2D eigenvalue weighted by atomic mass is 9.58. The first-order valence-corrected chi connectivity index (χ1v) is 11.7. The number of ketones is 1. The van der Waals surface area contributed by atoms with Crippen LogP contribution in [0.3, 0.4) is 0 Å². The standard InChI is InChI=1S/C24H32O8/c1-24-9-8-14-13-5-3-12(10-11(13)2-4-15(14)16(24)6-7-17(24)25)31-23-20(28)18(26)19(27)21(32-23)22(29)30/h4,12,14,16,18-21,23,26-28H,2-3,5-10H2,1H3,(H,29,30)/t12-,14?,16?,18+,19+,20-,21+,23?,24+/m1/s1. The van der Waals surface area contributed by atoms with Crippen molar-refractivity contribution in [2.45, 2.75) is 95.1 Å². The molecule has 0 aromatic heterocycles. The summed E-state index contributed by atoms with van der Waals surface area (Å²) in [6, 6.07) is 0. The van der Waals surface area contributed by atoms with Crippen molar-refractivity contribution in [3.63, 3.8) is 0 Å². The number of hydrogen-bond acceptors (Lipinski definition) is 7. The summed E-state index contributed by atoms with van der Waals surface area (Å²) in [5.74, 6) is -0.223. The molecule has 9 atom stereocenters. The van der Waals surface area contributed by atoms with Gasteiger partial charge in [-0.1, -0.05) is 29.7 Å². The molecule has 1 heterocycles. The first-order chi connectivity index (χ1) is 15.2. The molecule has 8 nitrogen and oxygen atoms in total. The van der Waals surface area contributed by atoms with Gasteiger partial charge in [-0.25, -0.2) is 4.79 Å². The second kappa shape index (κ2) is 8.02. The van der Waals surface area contributed by atoms with Gasteiger partial charge >= 0.3 is 5.97 Å². The molecule has 0 radical (unpaired) electrons. The number of allylic oxidation sites excluding steroid dienone is 3. The molecule has 5 rings (SSSR count). The predicted octanol–water partition coefficient (Wildman–Crippen LogP) is 1.47. The van der Waals surface area contributed by atoms with Crippen LogP contribution in [0.5, 0.6) is 0 Å². The molecule has 0 spiro atoms. The highest BCUT2D eigenvalue weighted by molar-refractivity contribution is 5.88. The number of Topliss-reactive ketones (excluding diaryl/α,β-unsaturated/α-hetero) is 1. The zero-order chi connectivity index (χ0) is 22.8. The van der Waals surface area contributed by atoms with E-state index in [-0.39, 0.29) is 11.5 Å². The van der Waals surface area contributed by atoms with Gasteiger partial charge in [0, 0.05) is 17.8 Å². The van der Waals surface area contributed by atoms with Crippen molar-refractivity contribution in [1.29, 1.82) is 0 Å². The van der Waals surface area contributed by atoms with Gasteiger partial charge in [0.1, 0.15) is 24.1 Å². The quantitative estimate of drug-likeness (QED) is 0.477. The Morgan fingerprint density at radius 3 is 2.66 bits per heavy atom. The number of aliphatic carboxylic acids is 1. The lowest BCUT2D eigenvalue weighted by Gasteiger charge is -2.46. The molecule has 1 aliphatic heterocycles. The normalized spacial score (nSPS) is 46.2. The number of aliphatic hydroxyl groups excluding tert-OH is 3. The van der Waals surface area contributed by atoms with E-state index in [1.807, 2.05) is 0 Å². The maximum absolute atomic E-state index is 12.5. The monoisotopic (exact) mass is 448 g/mol. The first kappa shape index (κ1) is 22.2. The second-order valence-corrected chi connectivity index (χ2v) is 10.3. The summed E-state index contributed by atoms with van der Waals surface area (Å²) in [7, 11) is 0. The average Bonchev–Trinajstić information content (AvgIpc) is 3.08. The minimum absolute atomic E-state index is 0.193. The van der Waals surface area contributed by atoms with Crippen molar-refractivity contribution in [3.05, 3.63) is 22.8 Å². The third-order valence-electron chi connectivity index (χ3n) is 8.63. The van der Waals surface area contributed by atoms with Gasteiger partial charge in [0.15, 0.2) is 12.4 Å². The van der Waals surface area contributed by atoms with Crippen LogP contribution in [0.15, 0.2) is 22.8 Å². The van der Waals surface area contributed by atoms with Gasteiger partial charge in [-0.15, -0.1) is 0 Å². The smallest absolute Gasteiger partial charge is 0.335 e. The Morgan fingerprint density at radius 2 is 1.91 bits per heavy atom. The average molecular weight is 449 g/mol. The van der Waals surface area contributed by atoms with Crippen molar-refractivity contribution >= 4 is 11.8 Å². The van der Waals surface area contributed by atoms with Crippen molar-refractivity contribution in [2.75, 3.05) is 0 Å². The molecule has 2 saturated carbocycles. The molecular formula is C24H32O8. The number of carbonyl (C=O) groups is 2. The topological polar surface area (TPSA) is 134 Å². The van der Waals surface area contributed by atoms with Crippen LogP contribution in [0.1, 0.15) is 58.3 Å². The maximum Gasteiger partial charge on any atom is 0.335 e. The summed E-state index contributed by atoms with van der Waals surface area (Å²) in [6.45, 7) is 2.14.